The molecule has 2 heterocycles. The number of carbonyl (C=O) groups excluding carboxylic acids is 1. The number of benzene rings is 1. The molecule has 8 heteroatoms. The lowest BCUT2D eigenvalue weighted by Gasteiger charge is -2.33. The third kappa shape index (κ3) is 4.40. The van der Waals surface area contributed by atoms with Gasteiger partial charge >= 0.3 is 0 Å². The SMILES string of the molecule is CCN1CCN(CCNC(=O)Cn2nnc3ccccc3c2=O)CC1. The van der Waals surface area contributed by atoms with Crippen molar-refractivity contribution in [2.75, 3.05) is 45.8 Å². The number of amides is 1. The van der Waals surface area contributed by atoms with Crippen molar-refractivity contribution in [1.29, 1.82) is 0 Å². The van der Waals surface area contributed by atoms with Gasteiger partial charge in [-0.15, -0.1) is 5.10 Å². The fraction of sp³-hybridized carbons (Fsp3) is 0.529. The molecule has 1 aliphatic heterocycles. The Hall–Kier alpha value is -2.32. The van der Waals surface area contributed by atoms with Crippen LogP contribution in [0.25, 0.3) is 10.9 Å². The maximum Gasteiger partial charge on any atom is 0.278 e. The molecule has 134 valence electrons. The summed E-state index contributed by atoms with van der Waals surface area (Å²) in [5.41, 5.74) is 0.242. The number of likely N-dealkylation sites (N-methyl/N-ethyl adjacent to an activating group) is 1. The molecule has 1 aromatic carbocycles. The van der Waals surface area contributed by atoms with E-state index in [1.165, 1.54) is 0 Å². The molecule has 3 rings (SSSR count). The predicted octanol–water partition coefficient (Wildman–Crippen LogP) is -0.455. The highest BCUT2D eigenvalue weighted by atomic mass is 16.2. The highest BCUT2D eigenvalue weighted by Gasteiger charge is 2.15. The molecular weight excluding hydrogens is 320 g/mol. The van der Waals surface area contributed by atoms with E-state index in [-0.39, 0.29) is 18.0 Å². The molecule has 1 saturated heterocycles. The van der Waals surface area contributed by atoms with Crippen LogP contribution in [0.4, 0.5) is 0 Å². The molecule has 1 aliphatic rings. The molecule has 0 radical (unpaired) electrons. The minimum atomic E-state index is -0.295. The van der Waals surface area contributed by atoms with E-state index in [0.717, 1.165) is 44.0 Å². The summed E-state index contributed by atoms with van der Waals surface area (Å²) in [6.45, 7) is 8.75. The minimum absolute atomic E-state index is 0.111. The van der Waals surface area contributed by atoms with E-state index in [9.17, 15) is 9.59 Å². The lowest BCUT2D eigenvalue weighted by Crippen LogP contribution is -2.48. The molecule has 1 aromatic heterocycles. The third-order valence-electron chi connectivity index (χ3n) is 4.59. The molecule has 0 atom stereocenters. The van der Waals surface area contributed by atoms with Gasteiger partial charge in [0, 0.05) is 39.3 Å². The van der Waals surface area contributed by atoms with E-state index in [1.54, 1.807) is 24.3 Å². The first-order valence-corrected chi connectivity index (χ1v) is 8.71. The Kier molecular flexibility index (Phi) is 5.72. The molecular formula is C17H24N6O2. The number of hydrogen-bond donors (Lipinski definition) is 1. The quantitative estimate of drug-likeness (QED) is 0.764. The number of fused-ring (bicyclic) bond motifs is 1. The molecule has 2 aromatic rings. The maximum atomic E-state index is 12.3. The van der Waals surface area contributed by atoms with Crippen molar-refractivity contribution in [2.45, 2.75) is 13.5 Å². The molecule has 1 fully saturated rings. The zero-order chi connectivity index (χ0) is 17.6. The van der Waals surface area contributed by atoms with Crippen LogP contribution in [0, 0.1) is 0 Å². The zero-order valence-corrected chi connectivity index (χ0v) is 14.5. The highest BCUT2D eigenvalue weighted by Crippen LogP contribution is 2.03. The van der Waals surface area contributed by atoms with Crippen LogP contribution in [-0.2, 0) is 11.3 Å². The number of nitrogens with zero attached hydrogens (tertiary/aromatic N) is 5. The van der Waals surface area contributed by atoms with Gasteiger partial charge in [-0.3, -0.25) is 14.5 Å². The number of aromatic nitrogens is 3. The Morgan fingerprint density at radius 3 is 2.64 bits per heavy atom. The molecule has 1 N–H and O–H groups in total. The van der Waals surface area contributed by atoms with Crippen LogP contribution in [0.15, 0.2) is 29.1 Å². The largest absolute Gasteiger partial charge is 0.353 e. The second-order valence-electron chi connectivity index (χ2n) is 6.20. The summed E-state index contributed by atoms with van der Waals surface area (Å²) in [6.07, 6.45) is 0. The summed E-state index contributed by atoms with van der Waals surface area (Å²) in [6, 6.07) is 6.99. The van der Waals surface area contributed by atoms with Gasteiger partial charge in [0.05, 0.1) is 5.39 Å². The summed E-state index contributed by atoms with van der Waals surface area (Å²) in [7, 11) is 0. The Balaban J connectivity index is 1.48. The van der Waals surface area contributed by atoms with Crippen LogP contribution in [-0.4, -0.2) is 76.5 Å². The zero-order valence-electron chi connectivity index (χ0n) is 14.5. The van der Waals surface area contributed by atoms with E-state index in [0.29, 0.717) is 17.4 Å². The predicted molar refractivity (Wildman–Crippen MR) is 95.4 cm³/mol. The standard InChI is InChI=1S/C17H24N6O2/c1-2-21-9-11-22(12-10-21)8-7-18-16(24)13-23-17(25)14-5-3-4-6-15(14)19-20-23/h3-6H,2,7-13H2,1H3,(H,18,24). The summed E-state index contributed by atoms with van der Waals surface area (Å²) in [4.78, 5) is 29.1. The first-order chi connectivity index (χ1) is 12.2. The lowest BCUT2D eigenvalue weighted by atomic mass is 10.2. The number of piperazine rings is 1. The average molecular weight is 344 g/mol. The number of rotatable bonds is 6. The molecule has 8 nitrogen and oxygen atoms in total. The van der Waals surface area contributed by atoms with Crippen LogP contribution in [0.2, 0.25) is 0 Å². The molecule has 0 saturated carbocycles. The van der Waals surface area contributed by atoms with Gasteiger partial charge in [-0.2, -0.15) is 0 Å². The second-order valence-corrected chi connectivity index (χ2v) is 6.20. The van der Waals surface area contributed by atoms with Gasteiger partial charge in [0.1, 0.15) is 12.1 Å². The summed E-state index contributed by atoms with van der Waals surface area (Å²) >= 11 is 0. The third-order valence-corrected chi connectivity index (χ3v) is 4.59. The van der Waals surface area contributed by atoms with Gasteiger partial charge in [0.2, 0.25) is 5.91 Å². The maximum absolute atomic E-state index is 12.3. The minimum Gasteiger partial charge on any atom is -0.353 e. The van der Waals surface area contributed by atoms with Crippen molar-refractivity contribution < 1.29 is 4.79 Å². The van der Waals surface area contributed by atoms with Gasteiger partial charge in [0.25, 0.3) is 5.56 Å². The van der Waals surface area contributed by atoms with Crippen molar-refractivity contribution in [1.82, 2.24) is 30.1 Å². The van der Waals surface area contributed by atoms with E-state index >= 15 is 0 Å². The number of hydrogen-bond acceptors (Lipinski definition) is 6. The first kappa shape index (κ1) is 17.5. The summed E-state index contributed by atoms with van der Waals surface area (Å²) in [5, 5.41) is 11.2. The van der Waals surface area contributed by atoms with Crippen LogP contribution in [0.3, 0.4) is 0 Å². The number of nitrogens with one attached hydrogen (secondary N) is 1. The molecule has 0 spiro atoms. The fourth-order valence-corrected chi connectivity index (χ4v) is 3.00. The molecule has 0 bridgehead atoms. The topological polar surface area (TPSA) is 83.4 Å². The van der Waals surface area contributed by atoms with Crippen LogP contribution >= 0.6 is 0 Å². The Morgan fingerprint density at radius 1 is 1.16 bits per heavy atom. The molecule has 25 heavy (non-hydrogen) atoms. The fourth-order valence-electron chi connectivity index (χ4n) is 3.00. The van der Waals surface area contributed by atoms with Gasteiger partial charge in [-0.25, -0.2) is 4.68 Å². The van der Waals surface area contributed by atoms with Crippen molar-refractivity contribution in [2.24, 2.45) is 0 Å². The van der Waals surface area contributed by atoms with E-state index in [2.05, 4.69) is 32.4 Å². The van der Waals surface area contributed by atoms with Crippen molar-refractivity contribution >= 4 is 16.8 Å². The Bertz CT molecular complexity index is 782. The van der Waals surface area contributed by atoms with Crippen LogP contribution in [0.5, 0.6) is 0 Å². The van der Waals surface area contributed by atoms with E-state index in [4.69, 9.17) is 0 Å². The van der Waals surface area contributed by atoms with Crippen LogP contribution in [0.1, 0.15) is 6.92 Å². The first-order valence-electron chi connectivity index (χ1n) is 8.71. The van der Waals surface area contributed by atoms with Crippen LogP contribution < -0.4 is 10.9 Å². The summed E-state index contributed by atoms with van der Waals surface area (Å²) < 4.78 is 1.11. The van der Waals surface area contributed by atoms with Gasteiger partial charge < -0.3 is 10.2 Å². The Labute approximate surface area is 146 Å². The molecule has 0 aliphatic carbocycles. The highest BCUT2D eigenvalue weighted by molar-refractivity contribution is 5.78. The van der Waals surface area contributed by atoms with Crippen molar-refractivity contribution in [3.8, 4) is 0 Å². The number of carbonyl (C=O) groups is 1. The van der Waals surface area contributed by atoms with Gasteiger partial charge in [0.15, 0.2) is 0 Å². The monoisotopic (exact) mass is 344 g/mol. The van der Waals surface area contributed by atoms with Crippen molar-refractivity contribution in [3.63, 3.8) is 0 Å². The van der Waals surface area contributed by atoms with Gasteiger partial charge in [-0.05, 0) is 18.7 Å². The Morgan fingerprint density at radius 2 is 1.88 bits per heavy atom. The molecule has 1 amide bonds. The normalized spacial score (nSPS) is 16.2. The smallest absolute Gasteiger partial charge is 0.278 e. The molecule has 0 unspecified atom stereocenters. The van der Waals surface area contributed by atoms with E-state index < -0.39 is 0 Å². The lowest BCUT2D eigenvalue weighted by molar-refractivity contribution is -0.122. The second kappa shape index (κ2) is 8.17. The van der Waals surface area contributed by atoms with E-state index in [1.807, 2.05) is 0 Å². The summed E-state index contributed by atoms with van der Waals surface area (Å²) in [5.74, 6) is -0.223. The van der Waals surface area contributed by atoms with Gasteiger partial charge in [-0.1, -0.05) is 24.3 Å². The van der Waals surface area contributed by atoms with Crippen molar-refractivity contribution in [3.05, 3.63) is 34.6 Å². The average Bonchev–Trinajstić information content (AvgIpc) is 2.65.